The van der Waals surface area contributed by atoms with E-state index in [2.05, 4.69) is 19.2 Å². The van der Waals surface area contributed by atoms with E-state index in [4.69, 9.17) is 18.9 Å². The van der Waals surface area contributed by atoms with Crippen LogP contribution in [0.1, 0.15) is 200 Å². The molecule has 0 bridgehead atoms. The maximum Gasteiger partial charge on any atom is 0.332 e. The van der Waals surface area contributed by atoms with Crippen molar-refractivity contribution in [2.75, 3.05) is 125 Å². The Balaban J connectivity index is 2.93. The van der Waals surface area contributed by atoms with E-state index in [-0.39, 0.29) is 105 Å². The normalized spacial score (nSPS) is 15.4. The fraction of sp³-hybridized carbons (Fsp3) is 0.852. The minimum absolute atomic E-state index is 0.0277. The summed E-state index contributed by atoms with van der Waals surface area (Å²) in [7, 11) is 0. The van der Waals surface area contributed by atoms with Crippen LogP contribution < -0.4 is 5.32 Å². The third-order valence-electron chi connectivity index (χ3n) is 15.0. The number of nitrogens with zero attached hydrogens (tertiary/aromatic N) is 5. The predicted molar refractivity (Wildman–Crippen MR) is 320 cm³/mol. The number of hydrogen-bond acceptors (Lipinski definition) is 18. The fourth-order valence-corrected chi connectivity index (χ4v) is 10.3. The Bertz CT molecular complexity index is 1830. The summed E-state index contributed by atoms with van der Waals surface area (Å²) in [6.07, 6.45) is 29.7. The number of aliphatic carboxylic acids is 5. The van der Waals surface area contributed by atoms with Gasteiger partial charge >= 0.3 is 47.8 Å². The number of rotatable bonds is 53. The van der Waals surface area contributed by atoms with Gasteiger partial charge in [0.05, 0.1) is 45.9 Å². The Morgan fingerprint density at radius 3 is 1.29 bits per heavy atom. The van der Waals surface area contributed by atoms with Crippen LogP contribution in [0.5, 0.6) is 0 Å². The van der Waals surface area contributed by atoms with Gasteiger partial charge in [-0.2, -0.15) is 0 Å². The van der Waals surface area contributed by atoms with Gasteiger partial charge in [-0.05, 0) is 19.3 Å². The van der Waals surface area contributed by atoms with Crippen molar-refractivity contribution in [3.8, 4) is 0 Å². The van der Waals surface area contributed by atoms with Gasteiger partial charge in [0.1, 0.15) is 19.8 Å². The first-order valence-electron chi connectivity index (χ1n) is 32.0. The van der Waals surface area contributed by atoms with Crippen molar-refractivity contribution in [3.63, 3.8) is 0 Å². The van der Waals surface area contributed by atoms with Crippen LogP contribution in [0.2, 0.25) is 0 Å². The number of carboxylic acid groups (broad SMARTS) is 5. The van der Waals surface area contributed by atoms with Gasteiger partial charge in [-0.1, -0.05) is 168 Å². The van der Waals surface area contributed by atoms with Crippen molar-refractivity contribution in [1.29, 1.82) is 0 Å². The van der Waals surface area contributed by atoms with E-state index in [1.54, 1.807) is 19.6 Å². The van der Waals surface area contributed by atoms with Crippen LogP contribution in [0, 0.1) is 0 Å². The first kappa shape index (κ1) is 78.0. The molecule has 2 unspecified atom stereocenters. The van der Waals surface area contributed by atoms with Crippen LogP contribution in [0.15, 0.2) is 0 Å². The molecule has 0 saturated carbocycles. The zero-order valence-electron chi connectivity index (χ0n) is 51.9. The lowest BCUT2D eigenvalue weighted by molar-refractivity contribution is -0.168. The summed E-state index contributed by atoms with van der Waals surface area (Å²) in [6, 6.07) is -0.727. The summed E-state index contributed by atoms with van der Waals surface area (Å²) in [5.41, 5.74) is 0. The molecule has 0 spiro atoms. The molecule has 0 aromatic heterocycles. The summed E-state index contributed by atoms with van der Waals surface area (Å²) in [4.78, 5) is 119. The molecule has 0 aromatic carbocycles. The molecule has 0 aromatic rings. The Labute approximate surface area is 506 Å². The number of nitrogens with one attached hydrogen (secondary N) is 1. The number of unbranched alkanes of at least 4 members (excludes halogenated alkanes) is 24. The van der Waals surface area contributed by atoms with Gasteiger partial charge in [-0.15, -0.1) is 0 Å². The van der Waals surface area contributed by atoms with E-state index in [1.807, 2.05) is 0 Å². The lowest BCUT2D eigenvalue weighted by Gasteiger charge is -2.38. The highest BCUT2D eigenvalue weighted by Crippen LogP contribution is 2.17. The second-order valence-electron chi connectivity index (χ2n) is 22.7. The van der Waals surface area contributed by atoms with Crippen LogP contribution in [0.25, 0.3) is 0 Å². The number of carbonyl (C=O) groups is 9. The van der Waals surface area contributed by atoms with Crippen molar-refractivity contribution in [1.82, 2.24) is 29.8 Å². The zero-order valence-corrected chi connectivity index (χ0v) is 51.9. The molecule has 85 heavy (non-hydrogen) atoms. The van der Waals surface area contributed by atoms with Gasteiger partial charge < -0.3 is 49.8 Å². The number of amides is 1. The molecule has 1 heterocycles. The van der Waals surface area contributed by atoms with Crippen molar-refractivity contribution >= 4 is 53.7 Å². The lowest BCUT2D eigenvalue weighted by Crippen LogP contribution is -2.54. The summed E-state index contributed by atoms with van der Waals surface area (Å²) in [5, 5.41) is 50.9. The molecule has 1 aliphatic rings. The maximum absolute atomic E-state index is 13.6. The smallest absolute Gasteiger partial charge is 0.332 e. The van der Waals surface area contributed by atoms with Gasteiger partial charge in [-0.25, -0.2) is 4.79 Å². The molecule has 1 rings (SSSR count). The summed E-state index contributed by atoms with van der Waals surface area (Å²) >= 11 is 0. The highest BCUT2D eigenvalue weighted by Gasteiger charge is 2.29. The summed E-state index contributed by atoms with van der Waals surface area (Å²) < 4.78 is 22.1. The zero-order chi connectivity index (χ0) is 62.7. The minimum Gasteiger partial charge on any atom is -0.480 e. The fourth-order valence-electron chi connectivity index (χ4n) is 10.3. The van der Waals surface area contributed by atoms with Crippen LogP contribution in [-0.2, 0) is 62.1 Å². The van der Waals surface area contributed by atoms with Crippen LogP contribution in [0.4, 0.5) is 0 Å². The predicted octanol–water partition coefficient (Wildman–Crippen LogP) is 6.79. The molecule has 0 radical (unpaired) electrons. The Morgan fingerprint density at radius 2 is 0.859 bits per heavy atom. The van der Waals surface area contributed by atoms with Crippen molar-refractivity contribution < 1.29 is 87.6 Å². The SMILES string of the molecule is CCCCCCCCCCCCCCCC(=O)OCC(COC(=O)COCCNC(=O)CN1CCN(CC(=O)O)CCN(CC(=O)O)CCN(CC(=O)O)CC1CCN(CC(=O)O)CC(=O)O)OC(=O)CCCCCCCCCCCCCCC. The van der Waals surface area contributed by atoms with E-state index >= 15 is 0 Å². The van der Waals surface area contributed by atoms with Gasteiger partial charge in [0, 0.05) is 77.8 Å². The standard InChI is InChI=1S/C61H110N6O18/c1-3-5-7-9-11-13-15-17-19-21-23-25-27-29-59(79)83-48-52(85-60(80)30-28-26-24-22-20-18-16-14-12-10-8-6-4-2)49-84-61(81)50-82-40-32-62-53(68)42-67-39-38-64(44-55(71)72)35-34-63(43-54(69)70)36-37-66(47-58(77)78)41-51(67)31-33-65(45-56(73)74)46-57(75)76/h51-52H,3-50H2,1-2H3,(H,62,68)(H,69,70)(H,71,72)(H,73,74)(H,75,76)(H,77,78). The Hall–Kier alpha value is -5.01. The van der Waals surface area contributed by atoms with Crippen LogP contribution >= 0.6 is 0 Å². The molecule has 2 atom stereocenters. The Kier molecular flexibility index (Phi) is 47.9. The second kappa shape index (κ2) is 52.1. The third-order valence-corrected chi connectivity index (χ3v) is 15.0. The van der Waals surface area contributed by atoms with Crippen molar-refractivity contribution in [3.05, 3.63) is 0 Å². The van der Waals surface area contributed by atoms with Gasteiger partial charge in [0.15, 0.2) is 6.10 Å². The largest absolute Gasteiger partial charge is 0.480 e. The highest BCUT2D eigenvalue weighted by molar-refractivity contribution is 5.78. The molecule has 1 amide bonds. The average Bonchev–Trinajstić information content (AvgIpc) is 3.57. The van der Waals surface area contributed by atoms with Gasteiger partial charge in [-0.3, -0.25) is 62.9 Å². The second-order valence-corrected chi connectivity index (χ2v) is 22.7. The topological polar surface area (TPSA) is 320 Å². The highest BCUT2D eigenvalue weighted by atomic mass is 16.6. The molecule has 24 heteroatoms. The van der Waals surface area contributed by atoms with E-state index < -0.39 is 105 Å². The molecule has 24 nitrogen and oxygen atoms in total. The minimum atomic E-state index is -1.28. The molecule has 1 aliphatic heterocycles. The van der Waals surface area contributed by atoms with Crippen LogP contribution in [-0.4, -0.2) is 240 Å². The molecule has 1 saturated heterocycles. The van der Waals surface area contributed by atoms with Gasteiger partial charge in [0.2, 0.25) is 5.91 Å². The van der Waals surface area contributed by atoms with E-state index in [9.17, 15) is 68.7 Å². The third kappa shape index (κ3) is 47.8. The average molecular weight is 1220 g/mol. The molecule has 1 fully saturated rings. The maximum atomic E-state index is 13.6. The van der Waals surface area contributed by atoms with Crippen molar-refractivity contribution in [2.24, 2.45) is 0 Å². The molecular formula is C61H110N6O18. The summed E-state index contributed by atoms with van der Waals surface area (Å²) in [5.74, 6) is -8.29. The monoisotopic (exact) mass is 1210 g/mol. The number of carboxylic acids is 5. The first-order valence-corrected chi connectivity index (χ1v) is 32.0. The molecule has 0 aliphatic carbocycles. The van der Waals surface area contributed by atoms with E-state index in [1.165, 1.54) is 120 Å². The number of ether oxygens (including phenoxy) is 4. The summed E-state index contributed by atoms with van der Waals surface area (Å²) in [6.45, 7) is 0.559. The lowest BCUT2D eigenvalue weighted by atomic mass is 10.0. The van der Waals surface area contributed by atoms with Crippen molar-refractivity contribution in [2.45, 2.75) is 212 Å². The molecule has 6 N–H and O–H groups in total. The first-order chi connectivity index (χ1) is 40.9. The number of hydrogen-bond donors (Lipinski definition) is 6. The van der Waals surface area contributed by atoms with Crippen LogP contribution in [0.3, 0.4) is 0 Å². The molecular weight excluding hydrogens is 1100 g/mol. The van der Waals surface area contributed by atoms with E-state index in [0.29, 0.717) is 12.8 Å². The number of esters is 3. The number of carbonyl (C=O) groups excluding carboxylic acids is 4. The Morgan fingerprint density at radius 1 is 0.471 bits per heavy atom. The van der Waals surface area contributed by atoms with E-state index in [0.717, 1.165) is 38.5 Å². The molecule has 492 valence electrons. The quantitative estimate of drug-likeness (QED) is 0.0207. The van der Waals surface area contributed by atoms with Gasteiger partial charge in [0.25, 0.3) is 0 Å².